The van der Waals surface area contributed by atoms with Gasteiger partial charge in [0.2, 0.25) is 0 Å². The van der Waals surface area contributed by atoms with E-state index < -0.39 is 5.60 Å². The number of rotatable bonds is 3. The lowest BCUT2D eigenvalue weighted by Gasteiger charge is -2.37. The fourth-order valence-corrected chi connectivity index (χ4v) is 4.15. The van der Waals surface area contributed by atoms with Crippen molar-refractivity contribution in [2.24, 2.45) is 0 Å². The summed E-state index contributed by atoms with van der Waals surface area (Å²) in [6.45, 7) is 5.16. The maximum absolute atomic E-state index is 11.7. The van der Waals surface area contributed by atoms with E-state index in [1.807, 2.05) is 6.92 Å². The first-order valence-corrected chi connectivity index (χ1v) is 8.11. The number of ketones is 1. The first kappa shape index (κ1) is 13.9. The van der Waals surface area contributed by atoms with Crippen LogP contribution in [0.1, 0.15) is 60.7 Å². The molecule has 0 unspecified atom stereocenters. The van der Waals surface area contributed by atoms with Crippen LogP contribution in [0.25, 0.3) is 0 Å². The largest absolute Gasteiger partial charge is 0.397 e. The number of carbonyl (C=O) groups excluding carboxylic acids is 1. The molecule has 2 aliphatic rings. The Labute approximate surface area is 123 Å². The molecule has 20 heavy (non-hydrogen) atoms. The molecule has 0 bridgehead atoms. The van der Waals surface area contributed by atoms with Crippen LogP contribution < -0.4 is 10.6 Å². The second-order valence-electron chi connectivity index (χ2n) is 6.38. The number of thiophene rings is 1. The van der Waals surface area contributed by atoms with Gasteiger partial charge in [-0.05, 0) is 38.5 Å². The Morgan fingerprint density at radius 1 is 1.40 bits per heavy atom. The highest BCUT2D eigenvalue weighted by Gasteiger charge is 2.36. The number of piperidine rings is 1. The zero-order chi connectivity index (χ0) is 14.5. The smallest absolute Gasteiger partial charge is 0.171 e. The van der Waals surface area contributed by atoms with Crippen molar-refractivity contribution in [1.29, 1.82) is 0 Å². The Bertz CT molecular complexity index is 536. The molecule has 1 saturated carbocycles. The maximum atomic E-state index is 11.7. The van der Waals surface area contributed by atoms with Gasteiger partial charge in [0.25, 0.3) is 0 Å². The van der Waals surface area contributed by atoms with Gasteiger partial charge >= 0.3 is 0 Å². The standard InChI is InChI=1S/C15H22N2O2S/c1-9(18)13-12(16)11(10-3-4-10)14(20-13)17-7-5-15(2,19)6-8-17/h10,19H,3-8,16H2,1-2H3. The van der Waals surface area contributed by atoms with Crippen molar-refractivity contribution in [3.05, 3.63) is 10.4 Å². The Morgan fingerprint density at radius 3 is 2.50 bits per heavy atom. The number of nitrogens with zero attached hydrogens (tertiary/aromatic N) is 1. The van der Waals surface area contributed by atoms with Gasteiger partial charge in [0.05, 0.1) is 21.2 Å². The number of nitrogen functional groups attached to an aromatic ring is 1. The van der Waals surface area contributed by atoms with Crippen LogP contribution in [0.3, 0.4) is 0 Å². The molecule has 1 aromatic rings. The fraction of sp³-hybridized carbons (Fsp3) is 0.667. The van der Waals surface area contributed by atoms with E-state index in [1.165, 1.54) is 34.7 Å². The highest BCUT2D eigenvalue weighted by Crippen LogP contribution is 2.52. The molecule has 0 amide bonds. The molecular formula is C15H22N2O2S. The van der Waals surface area contributed by atoms with Crippen molar-refractivity contribution in [2.75, 3.05) is 23.7 Å². The normalized spacial score (nSPS) is 22.1. The SMILES string of the molecule is CC(=O)c1sc(N2CCC(C)(O)CC2)c(C2CC2)c1N. The molecule has 0 spiro atoms. The lowest BCUT2D eigenvalue weighted by Crippen LogP contribution is -2.42. The van der Waals surface area contributed by atoms with Crippen LogP contribution >= 0.6 is 11.3 Å². The first-order valence-electron chi connectivity index (χ1n) is 7.29. The number of Topliss-reactive ketones (excluding diaryl/α,β-unsaturated/α-hetero) is 1. The van der Waals surface area contributed by atoms with E-state index in [1.54, 1.807) is 6.92 Å². The van der Waals surface area contributed by atoms with E-state index in [0.717, 1.165) is 25.9 Å². The fourth-order valence-electron chi connectivity index (χ4n) is 2.90. The van der Waals surface area contributed by atoms with Crippen LogP contribution in [0.15, 0.2) is 0 Å². The molecule has 5 heteroatoms. The third-order valence-electron chi connectivity index (χ3n) is 4.40. The lowest BCUT2D eigenvalue weighted by atomic mass is 9.94. The lowest BCUT2D eigenvalue weighted by molar-refractivity contribution is 0.0352. The van der Waals surface area contributed by atoms with Crippen molar-refractivity contribution >= 4 is 27.8 Å². The molecular weight excluding hydrogens is 272 g/mol. The molecule has 1 aliphatic carbocycles. The number of hydrogen-bond acceptors (Lipinski definition) is 5. The summed E-state index contributed by atoms with van der Waals surface area (Å²) >= 11 is 1.54. The van der Waals surface area contributed by atoms with E-state index in [9.17, 15) is 9.90 Å². The number of anilines is 2. The van der Waals surface area contributed by atoms with Gasteiger partial charge in [-0.2, -0.15) is 0 Å². The second kappa shape index (κ2) is 4.74. The zero-order valence-electron chi connectivity index (χ0n) is 12.1. The average Bonchev–Trinajstić information content (AvgIpc) is 3.13. The molecule has 2 heterocycles. The first-order chi connectivity index (χ1) is 9.39. The van der Waals surface area contributed by atoms with Gasteiger partial charge in [0, 0.05) is 25.6 Å². The molecule has 1 aromatic heterocycles. The molecule has 0 atom stereocenters. The number of carbonyl (C=O) groups is 1. The van der Waals surface area contributed by atoms with Gasteiger partial charge in [0.15, 0.2) is 5.78 Å². The molecule has 0 aromatic carbocycles. The van der Waals surface area contributed by atoms with Crippen molar-refractivity contribution in [3.63, 3.8) is 0 Å². The van der Waals surface area contributed by atoms with E-state index in [4.69, 9.17) is 5.73 Å². The maximum Gasteiger partial charge on any atom is 0.171 e. The van der Waals surface area contributed by atoms with Crippen LogP contribution in [0.2, 0.25) is 0 Å². The van der Waals surface area contributed by atoms with Crippen molar-refractivity contribution in [3.8, 4) is 0 Å². The number of hydrogen-bond donors (Lipinski definition) is 2. The predicted octanol–water partition coefficient (Wildman–Crippen LogP) is 2.76. The Balaban J connectivity index is 1.93. The van der Waals surface area contributed by atoms with E-state index in [-0.39, 0.29) is 5.78 Å². The third kappa shape index (κ3) is 2.44. The molecule has 2 fully saturated rings. The van der Waals surface area contributed by atoms with Crippen LogP contribution in [-0.4, -0.2) is 29.6 Å². The Hall–Kier alpha value is -1.07. The molecule has 1 aliphatic heterocycles. The van der Waals surface area contributed by atoms with Gasteiger partial charge in [-0.25, -0.2) is 0 Å². The minimum atomic E-state index is -0.553. The molecule has 1 saturated heterocycles. The van der Waals surface area contributed by atoms with Gasteiger partial charge in [-0.3, -0.25) is 4.79 Å². The highest BCUT2D eigenvalue weighted by molar-refractivity contribution is 7.18. The van der Waals surface area contributed by atoms with Crippen LogP contribution in [0, 0.1) is 0 Å². The average molecular weight is 294 g/mol. The molecule has 110 valence electrons. The van der Waals surface area contributed by atoms with Crippen LogP contribution in [0.4, 0.5) is 10.7 Å². The molecule has 4 nitrogen and oxygen atoms in total. The van der Waals surface area contributed by atoms with Gasteiger partial charge in [0.1, 0.15) is 0 Å². The van der Waals surface area contributed by atoms with Crippen LogP contribution in [0.5, 0.6) is 0 Å². The summed E-state index contributed by atoms with van der Waals surface area (Å²) in [6, 6.07) is 0. The van der Waals surface area contributed by atoms with Gasteiger partial charge < -0.3 is 15.7 Å². The molecule has 3 rings (SSSR count). The highest BCUT2D eigenvalue weighted by atomic mass is 32.1. The Morgan fingerprint density at radius 2 is 2.00 bits per heavy atom. The summed E-state index contributed by atoms with van der Waals surface area (Å²) in [4.78, 5) is 14.7. The summed E-state index contributed by atoms with van der Waals surface area (Å²) in [5.41, 5.74) is 7.57. The van der Waals surface area contributed by atoms with Crippen LogP contribution in [-0.2, 0) is 0 Å². The summed E-state index contributed by atoms with van der Waals surface area (Å²) in [5, 5.41) is 11.2. The van der Waals surface area contributed by atoms with E-state index >= 15 is 0 Å². The van der Waals surface area contributed by atoms with Crippen molar-refractivity contribution in [2.45, 2.75) is 51.0 Å². The van der Waals surface area contributed by atoms with Crippen molar-refractivity contribution < 1.29 is 9.90 Å². The third-order valence-corrected chi connectivity index (χ3v) is 5.78. The quantitative estimate of drug-likeness (QED) is 0.841. The Kier molecular flexibility index (Phi) is 3.29. The number of aliphatic hydroxyl groups is 1. The minimum Gasteiger partial charge on any atom is -0.397 e. The van der Waals surface area contributed by atoms with Crippen molar-refractivity contribution in [1.82, 2.24) is 0 Å². The van der Waals surface area contributed by atoms with E-state index in [2.05, 4.69) is 4.90 Å². The number of nitrogens with two attached hydrogens (primary N) is 1. The summed E-state index contributed by atoms with van der Waals surface area (Å²) < 4.78 is 0. The topological polar surface area (TPSA) is 66.6 Å². The predicted molar refractivity (Wildman–Crippen MR) is 82.8 cm³/mol. The monoisotopic (exact) mass is 294 g/mol. The van der Waals surface area contributed by atoms with E-state index in [0.29, 0.717) is 16.5 Å². The molecule has 3 N–H and O–H groups in total. The summed E-state index contributed by atoms with van der Waals surface area (Å²) in [5.74, 6) is 0.599. The summed E-state index contributed by atoms with van der Waals surface area (Å²) in [7, 11) is 0. The molecule has 0 radical (unpaired) electrons. The van der Waals surface area contributed by atoms with Gasteiger partial charge in [-0.1, -0.05) is 0 Å². The summed E-state index contributed by atoms with van der Waals surface area (Å²) in [6.07, 6.45) is 3.89. The second-order valence-corrected chi connectivity index (χ2v) is 7.38. The zero-order valence-corrected chi connectivity index (χ0v) is 12.9. The van der Waals surface area contributed by atoms with Gasteiger partial charge in [-0.15, -0.1) is 11.3 Å². The minimum absolute atomic E-state index is 0.0599.